The standard InChI is InChI=1S/C20H26F4N2O4/c1-19(2,3)30-18(28)25-16-8-6-14(11-29-4)26(17(16)27)10-12-9-13(20(22,23)24)5-7-15(12)21/h5,7,9,14,16H,6,8,10-11H2,1-4H3,(H,25,28)/t14-,16+/m0/s1. The van der Waals surface area contributed by atoms with Crippen molar-refractivity contribution in [3.05, 3.63) is 35.1 Å². The molecule has 0 unspecified atom stereocenters. The number of hydrogen-bond acceptors (Lipinski definition) is 4. The Kier molecular flexibility index (Phi) is 7.33. The number of ether oxygens (including phenoxy) is 2. The van der Waals surface area contributed by atoms with Crippen LogP contribution >= 0.6 is 0 Å². The van der Waals surface area contributed by atoms with E-state index in [2.05, 4.69) is 5.32 Å². The summed E-state index contributed by atoms with van der Waals surface area (Å²) in [6.07, 6.45) is -4.70. The van der Waals surface area contributed by atoms with Gasteiger partial charge in [0.25, 0.3) is 0 Å². The molecule has 10 heteroatoms. The lowest BCUT2D eigenvalue weighted by atomic mass is 9.96. The molecule has 1 fully saturated rings. The molecule has 1 N–H and O–H groups in total. The van der Waals surface area contributed by atoms with Crippen molar-refractivity contribution in [3.8, 4) is 0 Å². The van der Waals surface area contributed by atoms with E-state index in [1.165, 1.54) is 12.0 Å². The topological polar surface area (TPSA) is 67.9 Å². The van der Waals surface area contributed by atoms with Gasteiger partial charge in [-0.15, -0.1) is 0 Å². The third kappa shape index (κ3) is 6.32. The van der Waals surface area contributed by atoms with Gasteiger partial charge in [-0.3, -0.25) is 4.79 Å². The second kappa shape index (κ2) is 9.20. The number of alkyl carbamates (subject to hydrolysis) is 1. The highest BCUT2D eigenvalue weighted by Crippen LogP contribution is 2.31. The fraction of sp³-hybridized carbons (Fsp3) is 0.600. The predicted octanol–water partition coefficient (Wildman–Crippen LogP) is 3.88. The van der Waals surface area contributed by atoms with Gasteiger partial charge in [0.2, 0.25) is 5.91 Å². The first-order valence-corrected chi connectivity index (χ1v) is 9.46. The summed E-state index contributed by atoms with van der Waals surface area (Å²) in [5, 5.41) is 2.49. The third-order valence-electron chi connectivity index (χ3n) is 4.57. The Morgan fingerprint density at radius 1 is 1.23 bits per heavy atom. The van der Waals surface area contributed by atoms with Gasteiger partial charge in [0, 0.05) is 19.2 Å². The number of alkyl halides is 3. The number of methoxy groups -OCH3 is 1. The number of carbonyl (C=O) groups is 2. The van der Waals surface area contributed by atoms with Crippen molar-refractivity contribution in [1.29, 1.82) is 0 Å². The highest BCUT2D eigenvalue weighted by molar-refractivity contribution is 5.86. The van der Waals surface area contributed by atoms with Crippen LogP contribution in [0.5, 0.6) is 0 Å². The maximum Gasteiger partial charge on any atom is 0.416 e. The summed E-state index contributed by atoms with van der Waals surface area (Å²) in [4.78, 5) is 26.2. The Morgan fingerprint density at radius 3 is 2.47 bits per heavy atom. The average Bonchev–Trinajstić information content (AvgIpc) is 2.59. The molecule has 0 radical (unpaired) electrons. The average molecular weight is 434 g/mol. The third-order valence-corrected chi connectivity index (χ3v) is 4.57. The van der Waals surface area contributed by atoms with Crippen LogP contribution in [-0.2, 0) is 27.0 Å². The molecule has 0 aliphatic carbocycles. The van der Waals surface area contributed by atoms with Crippen LogP contribution in [-0.4, -0.2) is 48.3 Å². The van der Waals surface area contributed by atoms with Crippen LogP contribution in [0.15, 0.2) is 18.2 Å². The largest absolute Gasteiger partial charge is 0.444 e. The number of carbonyl (C=O) groups excluding carboxylic acids is 2. The number of nitrogens with zero attached hydrogens (tertiary/aromatic N) is 1. The predicted molar refractivity (Wildman–Crippen MR) is 100 cm³/mol. The smallest absolute Gasteiger partial charge is 0.416 e. The minimum atomic E-state index is -4.64. The van der Waals surface area contributed by atoms with Gasteiger partial charge in [-0.25, -0.2) is 9.18 Å². The van der Waals surface area contributed by atoms with E-state index in [9.17, 15) is 27.2 Å². The van der Waals surface area contributed by atoms with Crippen LogP contribution < -0.4 is 5.32 Å². The number of halogens is 4. The lowest BCUT2D eigenvalue weighted by molar-refractivity contribution is -0.141. The molecule has 30 heavy (non-hydrogen) atoms. The first-order valence-electron chi connectivity index (χ1n) is 9.46. The van der Waals surface area contributed by atoms with E-state index in [0.29, 0.717) is 25.0 Å². The molecular weight excluding hydrogens is 408 g/mol. The van der Waals surface area contributed by atoms with Crippen molar-refractivity contribution < 1.29 is 36.6 Å². The van der Waals surface area contributed by atoms with Crippen molar-refractivity contribution in [1.82, 2.24) is 10.2 Å². The van der Waals surface area contributed by atoms with Crippen LogP contribution in [0.4, 0.5) is 22.4 Å². The summed E-state index contributed by atoms with van der Waals surface area (Å²) in [5.41, 5.74) is -2.03. The van der Waals surface area contributed by atoms with Gasteiger partial charge in [0.05, 0.1) is 18.2 Å². The van der Waals surface area contributed by atoms with Gasteiger partial charge < -0.3 is 19.7 Å². The SMILES string of the molecule is COC[C@@H]1CC[C@@H](NC(=O)OC(C)(C)C)C(=O)N1Cc1cc(C(F)(F)F)ccc1F. The molecule has 1 heterocycles. The highest BCUT2D eigenvalue weighted by atomic mass is 19.4. The molecule has 2 atom stereocenters. The Morgan fingerprint density at radius 2 is 1.90 bits per heavy atom. The molecule has 1 aromatic rings. The van der Waals surface area contributed by atoms with Gasteiger partial charge in [-0.05, 0) is 51.8 Å². The Balaban J connectivity index is 2.24. The van der Waals surface area contributed by atoms with E-state index in [0.717, 1.165) is 6.07 Å². The maximum absolute atomic E-state index is 14.2. The normalized spacial score (nSPS) is 20.3. The van der Waals surface area contributed by atoms with Crippen molar-refractivity contribution in [2.24, 2.45) is 0 Å². The van der Waals surface area contributed by atoms with E-state index in [-0.39, 0.29) is 18.7 Å². The van der Waals surface area contributed by atoms with Crippen molar-refractivity contribution in [2.45, 2.75) is 64.0 Å². The Hall–Kier alpha value is -2.36. The monoisotopic (exact) mass is 434 g/mol. The van der Waals surface area contributed by atoms with Gasteiger partial charge in [-0.2, -0.15) is 13.2 Å². The second-order valence-corrected chi connectivity index (χ2v) is 8.16. The second-order valence-electron chi connectivity index (χ2n) is 8.16. The number of amides is 2. The summed E-state index contributed by atoms with van der Waals surface area (Å²) in [7, 11) is 1.43. The fourth-order valence-electron chi connectivity index (χ4n) is 3.23. The van der Waals surface area contributed by atoms with Crippen LogP contribution in [0.2, 0.25) is 0 Å². The molecule has 0 spiro atoms. The van der Waals surface area contributed by atoms with Crippen molar-refractivity contribution in [3.63, 3.8) is 0 Å². The van der Waals surface area contributed by atoms with E-state index in [4.69, 9.17) is 9.47 Å². The number of rotatable bonds is 5. The van der Waals surface area contributed by atoms with Gasteiger partial charge in [0.15, 0.2) is 0 Å². The molecule has 0 saturated carbocycles. The summed E-state index contributed by atoms with van der Waals surface area (Å²) in [5.74, 6) is -1.39. The lowest BCUT2D eigenvalue weighted by Gasteiger charge is -2.39. The van der Waals surface area contributed by atoms with Crippen LogP contribution in [0.3, 0.4) is 0 Å². The highest BCUT2D eigenvalue weighted by Gasteiger charge is 2.38. The molecule has 1 aliphatic heterocycles. The summed E-state index contributed by atoms with van der Waals surface area (Å²) < 4.78 is 63.5. The van der Waals surface area contributed by atoms with Crippen LogP contribution in [0, 0.1) is 5.82 Å². The lowest BCUT2D eigenvalue weighted by Crippen LogP contribution is -2.57. The number of likely N-dealkylation sites (tertiary alicyclic amines) is 1. The first-order chi connectivity index (χ1) is 13.8. The van der Waals surface area contributed by atoms with Crippen molar-refractivity contribution in [2.75, 3.05) is 13.7 Å². The number of hydrogen-bond donors (Lipinski definition) is 1. The van der Waals surface area contributed by atoms with E-state index in [1.807, 2.05) is 0 Å². The van der Waals surface area contributed by atoms with Gasteiger partial charge >= 0.3 is 12.3 Å². The molecule has 2 amide bonds. The zero-order chi connectivity index (χ0) is 22.7. The Labute approximate surface area is 172 Å². The van der Waals surface area contributed by atoms with E-state index < -0.39 is 47.2 Å². The zero-order valence-electron chi connectivity index (χ0n) is 17.3. The van der Waals surface area contributed by atoms with Crippen LogP contribution in [0.25, 0.3) is 0 Å². The first kappa shape index (κ1) is 23.9. The maximum atomic E-state index is 14.2. The molecule has 2 rings (SSSR count). The molecule has 0 aromatic heterocycles. The minimum Gasteiger partial charge on any atom is -0.444 e. The Bertz CT molecular complexity index is 777. The number of benzene rings is 1. The minimum absolute atomic E-state index is 0.130. The molecule has 168 valence electrons. The fourth-order valence-corrected chi connectivity index (χ4v) is 3.23. The molecule has 1 aliphatic rings. The van der Waals surface area contributed by atoms with Crippen molar-refractivity contribution >= 4 is 12.0 Å². The quantitative estimate of drug-likeness (QED) is 0.715. The molecule has 0 bridgehead atoms. The molecular formula is C20H26F4N2O4. The molecule has 1 saturated heterocycles. The number of piperidine rings is 1. The van der Waals surface area contributed by atoms with Gasteiger partial charge in [-0.1, -0.05) is 0 Å². The number of nitrogens with one attached hydrogen (secondary N) is 1. The molecule has 6 nitrogen and oxygen atoms in total. The van der Waals surface area contributed by atoms with Crippen LogP contribution in [0.1, 0.15) is 44.7 Å². The summed E-state index contributed by atoms with van der Waals surface area (Å²) >= 11 is 0. The zero-order valence-corrected chi connectivity index (χ0v) is 17.3. The van der Waals surface area contributed by atoms with Gasteiger partial charge in [0.1, 0.15) is 17.5 Å². The van der Waals surface area contributed by atoms with E-state index >= 15 is 0 Å². The summed E-state index contributed by atoms with van der Waals surface area (Å²) in [6.45, 7) is 4.77. The summed E-state index contributed by atoms with van der Waals surface area (Å²) in [6, 6.07) is 0.678. The molecule has 1 aromatic carbocycles. The van der Waals surface area contributed by atoms with E-state index in [1.54, 1.807) is 20.8 Å².